The maximum atomic E-state index is 12.5. The quantitative estimate of drug-likeness (QED) is 0.273. The van der Waals surface area contributed by atoms with Crippen molar-refractivity contribution >= 4 is 11.9 Å². The maximum absolute atomic E-state index is 12.5. The average Bonchev–Trinajstić information content (AvgIpc) is 2.56. The fourth-order valence-corrected chi connectivity index (χ4v) is 3.17. The number of carboxylic acid groups (broad SMARTS) is 1. The van der Waals surface area contributed by atoms with Gasteiger partial charge >= 0.3 is 11.9 Å². The highest BCUT2D eigenvalue weighted by Gasteiger charge is 2.40. The molecular weight excluding hydrogens is 316 g/mol. The molecule has 0 aromatic carbocycles. The number of ether oxygens (including phenoxy) is 1. The van der Waals surface area contributed by atoms with E-state index in [4.69, 9.17) is 4.74 Å². The number of carbonyl (C=O) groups excluding carboxylic acids is 1. The van der Waals surface area contributed by atoms with Crippen molar-refractivity contribution < 1.29 is 19.4 Å². The Bertz CT molecular complexity index is 365. The Kier molecular flexibility index (Phi) is 13.5. The molecule has 0 amide bonds. The van der Waals surface area contributed by atoms with Gasteiger partial charge in [-0.2, -0.15) is 0 Å². The summed E-state index contributed by atoms with van der Waals surface area (Å²) in [5.41, 5.74) is -0.859. The molecule has 0 aliphatic rings. The number of hydrogen-bond donors (Lipinski definition) is 1. The van der Waals surface area contributed by atoms with Crippen molar-refractivity contribution in [2.24, 2.45) is 11.3 Å². The molecule has 0 fully saturated rings. The van der Waals surface area contributed by atoms with E-state index in [1.807, 2.05) is 20.8 Å². The molecular formula is C21H40O4. The van der Waals surface area contributed by atoms with Gasteiger partial charge in [0.15, 0.2) is 0 Å². The van der Waals surface area contributed by atoms with E-state index in [-0.39, 0.29) is 18.3 Å². The van der Waals surface area contributed by atoms with E-state index >= 15 is 0 Å². The van der Waals surface area contributed by atoms with Gasteiger partial charge in [-0.1, -0.05) is 85.5 Å². The standard InChI is InChI=1S/C21H40O4/c1-5-7-8-9-10-11-12-13-14-15-21(6-2,16-19(22)23)20(24)25-17-18(3)4/h18H,5-17H2,1-4H3,(H,22,23). The van der Waals surface area contributed by atoms with E-state index < -0.39 is 11.4 Å². The van der Waals surface area contributed by atoms with Crippen molar-refractivity contribution in [1.82, 2.24) is 0 Å². The van der Waals surface area contributed by atoms with E-state index in [1.54, 1.807) is 0 Å². The van der Waals surface area contributed by atoms with Crippen LogP contribution in [0.3, 0.4) is 0 Å². The van der Waals surface area contributed by atoms with Crippen LogP contribution in [0.1, 0.15) is 105 Å². The highest BCUT2D eigenvalue weighted by atomic mass is 16.5. The van der Waals surface area contributed by atoms with Crippen molar-refractivity contribution in [3.63, 3.8) is 0 Å². The predicted molar refractivity (Wildman–Crippen MR) is 103 cm³/mol. The number of esters is 1. The van der Waals surface area contributed by atoms with Gasteiger partial charge in [-0.3, -0.25) is 9.59 Å². The van der Waals surface area contributed by atoms with Crippen LogP contribution < -0.4 is 0 Å². The first-order valence-corrected chi connectivity index (χ1v) is 10.3. The number of carboxylic acids is 1. The fraction of sp³-hybridized carbons (Fsp3) is 0.905. The van der Waals surface area contributed by atoms with Crippen LogP contribution >= 0.6 is 0 Å². The minimum Gasteiger partial charge on any atom is -0.481 e. The van der Waals surface area contributed by atoms with Gasteiger partial charge in [-0.25, -0.2) is 0 Å². The summed E-state index contributed by atoms with van der Waals surface area (Å²) in [5, 5.41) is 9.24. The van der Waals surface area contributed by atoms with Crippen LogP contribution in [0.2, 0.25) is 0 Å². The molecule has 1 unspecified atom stereocenters. The lowest BCUT2D eigenvalue weighted by Crippen LogP contribution is -2.35. The van der Waals surface area contributed by atoms with Crippen LogP contribution in [0, 0.1) is 11.3 Å². The minimum absolute atomic E-state index is 0.128. The summed E-state index contributed by atoms with van der Waals surface area (Å²) in [6.45, 7) is 8.45. The Labute approximate surface area is 154 Å². The molecule has 1 N–H and O–H groups in total. The van der Waals surface area contributed by atoms with Crippen LogP contribution in [0.15, 0.2) is 0 Å². The first-order valence-electron chi connectivity index (χ1n) is 10.3. The summed E-state index contributed by atoms with van der Waals surface area (Å²) in [6, 6.07) is 0. The number of unbranched alkanes of at least 4 members (excludes halogenated alkanes) is 8. The summed E-state index contributed by atoms with van der Waals surface area (Å²) in [4.78, 5) is 23.8. The maximum Gasteiger partial charge on any atom is 0.312 e. The van der Waals surface area contributed by atoms with Gasteiger partial charge in [0, 0.05) is 0 Å². The van der Waals surface area contributed by atoms with Gasteiger partial charge in [0.05, 0.1) is 18.4 Å². The molecule has 25 heavy (non-hydrogen) atoms. The molecule has 0 aliphatic heterocycles. The number of aliphatic carboxylic acids is 1. The molecule has 0 saturated heterocycles. The summed E-state index contributed by atoms with van der Waals surface area (Å²) in [7, 11) is 0. The lowest BCUT2D eigenvalue weighted by Gasteiger charge is -2.29. The van der Waals surface area contributed by atoms with Crippen LogP contribution in [-0.2, 0) is 14.3 Å². The molecule has 1 atom stereocenters. The second-order valence-electron chi connectivity index (χ2n) is 7.78. The third kappa shape index (κ3) is 11.2. The van der Waals surface area contributed by atoms with Crippen LogP contribution in [-0.4, -0.2) is 23.7 Å². The first kappa shape index (κ1) is 23.9. The zero-order valence-corrected chi connectivity index (χ0v) is 16.9. The Morgan fingerprint density at radius 3 is 1.88 bits per heavy atom. The first-order chi connectivity index (χ1) is 11.9. The van der Waals surface area contributed by atoms with E-state index in [9.17, 15) is 14.7 Å². The largest absolute Gasteiger partial charge is 0.481 e. The molecule has 0 bridgehead atoms. The molecule has 148 valence electrons. The lowest BCUT2D eigenvalue weighted by molar-refractivity contribution is -0.163. The van der Waals surface area contributed by atoms with E-state index in [2.05, 4.69) is 6.92 Å². The Morgan fingerprint density at radius 2 is 1.44 bits per heavy atom. The fourth-order valence-electron chi connectivity index (χ4n) is 3.17. The third-order valence-corrected chi connectivity index (χ3v) is 4.91. The smallest absolute Gasteiger partial charge is 0.312 e. The van der Waals surface area contributed by atoms with E-state index in [0.717, 1.165) is 12.8 Å². The molecule has 0 aromatic heterocycles. The van der Waals surface area contributed by atoms with Crippen molar-refractivity contribution in [1.29, 1.82) is 0 Å². The molecule has 4 nitrogen and oxygen atoms in total. The molecule has 0 saturated carbocycles. The van der Waals surface area contributed by atoms with Gasteiger partial charge in [-0.05, 0) is 18.8 Å². The lowest BCUT2D eigenvalue weighted by atomic mass is 9.77. The molecule has 0 radical (unpaired) electrons. The van der Waals surface area contributed by atoms with Gasteiger partial charge in [-0.15, -0.1) is 0 Å². The number of hydrogen-bond acceptors (Lipinski definition) is 3. The minimum atomic E-state index is -0.917. The summed E-state index contributed by atoms with van der Waals surface area (Å²) in [6.07, 6.45) is 11.9. The second kappa shape index (κ2) is 14.1. The van der Waals surface area contributed by atoms with Crippen LogP contribution in [0.25, 0.3) is 0 Å². The number of carbonyl (C=O) groups is 2. The monoisotopic (exact) mass is 356 g/mol. The van der Waals surface area contributed by atoms with Crippen molar-refractivity contribution in [2.75, 3.05) is 6.61 Å². The average molecular weight is 357 g/mol. The Morgan fingerprint density at radius 1 is 0.920 bits per heavy atom. The van der Waals surface area contributed by atoms with Gasteiger partial charge in [0.2, 0.25) is 0 Å². The summed E-state index contributed by atoms with van der Waals surface area (Å²) >= 11 is 0. The molecule has 0 spiro atoms. The molecule has 0 aromatic rings. The van der Waals surface area contributed by atoms with Crippen molar-refractivity contribution in [3.05, 3.63) is 0 Å². The van der Waals surface area contributed by atoms with Gasteiger partial charge < -0.3 is 9.84 Å². The van der Waals surface area contributed by atoms with Crippen molar-refractivity contribution in [3.8, 4) is 0 Å². The third-order valence-electron chi connectivity index (χ3n) is 4.91. The van der Waals surface area contributed by atoms with Crippen LogP contribution in [0.5, 0.6) is 0 Å². The SMILES string of the molecule is CCCCCCCCCCCC(CC)(CC(=O)O)C(=O)OCC(C)C. The normalized spacial score (nSPS) is 13.6. The van der Waals surface area contributed by atoms with Gasteiger partial charge in [0.1, 0.15) is 0 Å². The van der Waals surface area contributed by atoms with E-state index in [0.29, 0.717) is 19.4 Å². The zero-order chi connectivity index (χ0) is 19.1. The van der Waals surface area contributed by atoms with E-state index in [1.165, 1.54) is 44.9 Å². The summed E-state index contributed by atoms with van der Waals surface area (Å²) in [5.74, 6) is -0.985. The zero-order valence-electron chi connectivity index (χ0n) is 16.9. The highest BCUT2D eigenvalue weighted by Crippen LogP contribution is 2.35. The topological polar surface area (TPSA) is 63.6 Å². The molecule has 0 heterocycles. The Hall–Kier alpha value is -1.06. The second-order valence-corrected chi connectivity index (χ2v) is 7.78. The molecule has 4 heteroatoms. The number of rotatable bonds is 16. The Balaban J connectivity index is 4.30. The predicted octanol–water partition coefficient (Wildman–Crippen LogP) is 5.98. The van der Waals surface area contributed by atoms with Crippen molar-refractivity contribution in [2.45, 2.75) is 105 Å². The molecule has 0 aliphatic carbocycles. The van der Waals surface area contributed by atoms with Crippen LogP contribution in [0.4, 0.5) is 0 Å². The molecule has 0 rings (SSSR count). The summed E-state index contributed by atoms with van der Waals surface area (Å²) < 4.78 is 5.39. The van der Waals surface area contributed by atoms with Gasteiger partial charge in [0.25, 0.3) is 0 Å². The highest BCUT2D eigenvalue weighted by molar-refractivity contribution is 5.82.